The largest absolute Gasteiger partial charge is 0.384 e. The number of hydrogen-bond acceptors (Lipinski definition) is 3. The van der Waals surface area contributed by atoms with Crippen molar-refractivity contribution in [2.24, 2.45) is 11.7 Å². The number of likely N-dealkylation sites (N-methyl/N-ethyl adjacent to an activating group) is 1. The van der Waals surface area contributed by atoms with Crippen molar-refractivity contribution in [3.05, 3.63) is 33.2 Å². The van der Waals surface area contributed by atoms with Gasteiger partial charge in [-0.25, -0.2) is 0 Å². The van der Waals surface area contributed by atoms with Crippen LogP contribution in [0.15, 0.2) is 10.9 Å². The molecule has 0 spiro atoms. The van der Waals surface area contributed by atoms with Gasteiger partial charge in [0.15, 0.2) is 0 Å². The fourth-order valence-electron chi connectivity index (χ4n) is 2.61. The zero-order valence-corrected chi connectivity index (χ0v) is 11.9. The van der Waals surface area contributed by atoms with Gasteiger partial charge < -0.3 is 15.2 Å². The molecule has 0 aromatic carbocycles. The molecule has 0 aliphatic carbocycles. The number of amidine groups is 1. The second kappa shape index (κ2) is 5.17. The van der Waals surface area contributed by atoms with E-state index in [1.165, 1.54) is 0 Å². The van der Waals surface area contributed by atoms with Crippen molar-refractivity contribution in [2.45, 2.75) is 33.4 Å². The molecule has 0 bridgehead atoms. The summed E-state index contributed by atoms with van der Waals surface area (Å²) in [5.74, 6) is 0.252. The van der Waals surface area contributed by atoms with Crippen molar-refractivity contribution in [2.75, 3.05) is 13.6 Å². The maximum Gasteiger partial charge on any atom is 0.261 e. The fourth-order valence-corrected chi connectivity index (χ4v) is 2.61. The number of aromatic nitrogens is 1. The lowest BCUT2D eigenvalue weighted by atomic mass is 10.0. The Balaban J connectivity index is 2.62. The Hall–Kier alpha value is -1.62. The predicted octanol–water partition coefficient (Wildman–Crippen LogP) is 0.776. The highest BCUT2D eigenvalue weighted by molar-refractivity contribution is 5.94. The zero-order valence-electron chi connectivity index (χ0n) is 11.9. The van der Waals surface area contributed by atoms with Crippen molar-refractivity contribution >= 4 is 5.84 Å². The van der Waals surface area contributed by atoms with Gasteiger partial charge in [0, 0.05) is 31.7 Å². The number of nitrogen functional groups attached to an aromatic ring is 1. The Morgan fingerprint density at radius 1 is 1.53 bits per heavy atom. The molecule has 0 saturated carbocycles. The molecule has 5 nitrogen and oxygen atoms in total. The molecular weight excluding hydrogens is 240 g/mol. The average molecular weight is 262 g/mol. The minimum atomic E-state index is -0.140. The molecular formula is C14H22N4O. The Morgan fingerprint density at radius 3 is 2.79 bits per heavy atom. The summed E-state index contributed by atoms with van der Waals surface area (Å²) >= 11 is 0. The molecule has 0 radical (unpaired) electrons. The minimum Gasteiger partial charge on any atom is -0.384 e. The monoisotopic (exact) mass is 262 g/mol. The van der Waals surface area contributed by atoms with Crippen LogP contribution in [0.1, 0.15) is 30.7 Å². The number of nitrogens with zero attached hydrogens (tertiary/aromatic N) is 2. The first-order valence-electron chi connectivity index (χ1n) is 6.68. The van der Waals surface area contributed by atoms with E-state index in [9.17, 15) is 4.79 Å². The lowest BCUT2D eigenvalue weighted by Gasteiger charge is -2.28. The van der Waals surface area contributed by atoms with Gasteiger partial charge in [-0.1, -0.05) is 13.8 Å². The van der Waals surface area contributed by atoms with Crippen LogP contribution < -0.4 is 11.3 Å². The lowest BCUT2D eigenvalue weighted by Crippen LogP contribution is -2.38. The molecule has 1 aromatic rings. The van der Waals surface area contributed by atoms with Crippen molar-refractivity contribution < 1.29 is 0 Å². The van der Waals surface area contributed by atoms with Crippen LogP contribution in [-0.2, 0) is 19.5 Å². The van der Waals surface area contributed by atoms with E-state index in [1.807, 2.05) is 4.57 Å². The van der Waals surface area contributed by atoms with Gasteiger partial charge in [-0.2, -0.15) is 0 Å². The summed E-state index contributed by atoms with van der Waals surface area (Å²) in [6.45, 7) is 6.65. The highest BCUT2D eigenvalue weighted by Gasteiger charge is 2.21. The minimum absolute atomic E-state index is 0.121. The van der Waals surface area contributed by atoms with E-state index in [4.69, 9.17) is 11.1 Å². The first kappa shape index (κ1) is 13.8. The molecule has 1 aromatic heterocycles. The van der Waals surface area contributed by atoms with Crippen molar-refractivity contribution in [3.8, 4) is 0 Å². The van der Waals surface area contributed by atoms with E-state index in [1.54, 1.807) is 6.07 Å². The van der Waals surface area contributed by atoms with Gasteiger partial charge in [0.2, 0.25) is 0 Å². The molecule has 0 fully saturated rings. The Labute approximate surface area is 113 Å². The fraction of sp³-hybridized carbons (Fsp3) is 0.571. The van der Waals surface area contributed by atoms with Gasteiger partial charge in [0.05, 0.1) is 5.56 Å². The van der Waals surface area contributed by atoms with E-state index >= 15 is 0 Å². The first-order valence-corrected chi connectivity index (χ1v) is 6.68. The number of rotatable bonds is 3. The third-order valence-corrected chi connectivity index (χ3v) is 3.50. The quantitative estimate of drug-likeness (QED) is 0.624. The summed E-state index contributed by atoms with van der Waals surface area (Å²) in [6, 6.07) is 1.80. The molecule has 2 heterocycles. The second-order valence-electron chi connectivity index (χ2n) is 5.74. The third kappa shape index (κ3) is 2.71. The smallest absolute Gasteiger partial charge is 0.261 e. The second-order valence-corrected chi connectivity index (χ2v) is 5.74. The summed E-state index contributed by atoms with van der Waals surface area (Å²) in [7, 11) is 2.06. The van der Waals surface area contributed by atoms with Crippen molar-refractivity contribution in [3.63, 3.8) is 0 Å². The molecule has 2 rings (SSSR count). The number of nitrogens with one attached hydrogen (secondary N) is 1. The molecule has 1 aliphatic heterocycles. The van der Waals surface area contributed by atoms with E-state index in [0.29, 0.717) is 18.0 Å². The Kier molecular flexibility index (Phi) is 3.75. The number of pyridine rings is 1. The number of nitrogens with two attached hydrogens (primary N) is 1. The highest BCUT2D eigenvalue weighted by Crippen LogP contribution is 2.18. The van der Waals surface area contributed by atoms with Crippen LogP contribution in [0, 0.1) is 11.3 Å². The van der Waals surface area contributed by atoms with Crippen LogP contribution in [0.5, 0.6) is 0 Å². The standard InChI is InChI=1S/C14H22N4O/c1-9(2)7-18-12-4-5-17(3)8-10(12)6-11(13(15)16)14(18)19/h6,9H,4-5,7-8H2,1-3H3,(H3,15,16). The summed E-state index contributed by atoms with van der Waals surface area (Å²) < 4.78 is 1.82. The first-order chi connectivity index (χ1) is 8.90. The van der Waals surface area contributed by atoms with Crippen LogP contribution >= 0.6 is 0 Å². The Morgan fingerprint density at radius 2 is 2.21 bits per heavy atom. The molecule has 1 aliphatic rings. The maximum absolute atomic E-state index is 12.4. The van der Waals surface area contributed by atoms with E-state index in [0.717, 1.165) is 30.8 Å². The van der Waals surface area contributed by atoms with Gasteiger partial charge in [0.25, 0.3) is 5.56 Å². The van der Waals surface area contributed by atoms with Gasteiger partial charge in [-0.3, -0.25) is 10.2 Å². The SMILES string of the molecule is CC(C)Cn1c2c(cc(C(=N)N)c1=O)CN(C)CC2. The van der Waals surface area contributed by atoms with Gasteiger partial charge >= 0.3 is 0 Å². The summed E-state index contributed by atoms with van der Waals surface area (Å²) in [4.78, 5) is 14.6. The molecule has 19 heavy (non-hydrogen) atoms. The normalized spacial score (nSPS) is 15.6. The van der Waals surface area contributed by atoms with Gasteiger partial charge in [-0.15, -0.1) is 0 Å². The average Bonchev–Trinajstić information content (AvgIpc) is 2.31. The van der Waals surface area contributed by atoms with Gasteiger partial charge in [-0.05, 0) is 24.6 Å². The van der Waals surface area contributed by atoms with E-state index in [-0.39, 0.29) is 11.4 Å². The molecule has 104 valence electrons. The zero-order chi connectivity index (χ0) is 14.2. The topological polar surface area (TPSA) is 75.1 Å². The molecule has 0 amide bonds. The summed E-state index contributed by atoms with van der Waals surface area (Å²) in [5, 5.41) is 7.57. The molecule has 5 heteroatoms. The molecule has 3 N–H and O–H groups in total. The number of hydrogen-bond donors (Lipinski definition) is 2. The predicted molar refractivity (Wildman–Crippen MR) is 76.6 cm³/mol. The van der Waals surface area contributed by atoms with Crippen LogP contribution in [0.4, 0.5) is 0 Å². The Bertz CT molecular complexity index is 559. The highest BCUT2D eigenvalue weighted by atomic mass is 16.1. The van der Waals surface area contributed by atoms with Crippen LogP contribution in [0.2, 0.25) is 0 Å². The van der Waals surface area contributed by atoms with Crippen molar-refractivity contribution in [1.82, 2.24) is 9.47 Å². The summed E-state index contributed by atoms with van der Waals surface area (Å²) in [6.07, 6.45) is 0.881. The number of fused-ring (bicyclic) bond motifs is 1. The lowest BCUT2D eigenvalue weighted by molar-refractivity contribution is 0.301. The van der Waals surface area contributed by atoms with Crippen LogP contribution in [0.25, 0.3) is 0 Å². The van der Waals surface area contributed by atoms with Crippen molar-refractivity contribution in [1.29, 1.82) is 5.41 Å². The van der Waals surface area contributed by atoms with E-state index in [2.05, 4.69) is 25.8 Å². The summed E-state index contributed by atoms with van der Waals surface area (Å²) in [5.41, 5.74) is 7.98. The molecule has 0 atom stereocenters. The molecule has 0 saturated heterocycles. The van der Waals surface area contributed by atoms with Crippen LogP contribution in [0.3, 0.4) is 0 Å². The molecule has 0 unspecified atom stereocenters. The van der Waals surface area contributed by atoms with E-state index < -0.39 is 0 Å². The maximum atomic E-state index is 12.4. The third-order valence-electron chi connectivity index (χ3n) is 3.50. The van der Waals surface area contributed by atoms with Crippen LogP contribution in [-0.4, -0.2) is 28.9 Å². The van der Waals surface area contributed by atoms with Gasteiger partial charge in [0.1, 0.15) is 5.84 Å².